The van der Waals surface area contributed by atoms with E-state index in [-0.39, 0.29) is 0 Å². The predicted molar refractivity (Wildman–Crippen MR) is 68.9 cm³/mol. The van der Waals surface area contributed by atoms with Crippen LogP contribution in [0.5, 0.6) is 0 Å². The zero-order chi connectivity index (χ0) is 12.2. The molecule has 5 nitrogen and oxygen atoms in total. The smallest absolute Gasteiger partial charge is 0.223 e. The van der Waals surface area contributed by atoms with Crippen LogP contribution in [-0.2, 0) is 6.54 Å². The van der Waals surface area contributed by atoms with Gasteiger partial charge in [-0.15, -0.1) is 0 Å². The SMILES string of the molecule is c1cnnc(CNc2ncc3ccccc3n2)c1. The van der Waals surface area contributed by atoms with Gasteiger partial charge in [0, 0.05) is 17.8 Å². The topological polar surface area (TPSA) is 63.6 Å². The Bertz CT molecular complexity index is 654. The van der Waals surface area contributed by atoms with Gasteiger partial charge in [-0.3, -0.25) is 0 Å². The van der Waals surface area contributed by atoms with E-state index in [1.54, 1.807) is 12.4 Å². The molecule has 0 aliphatic heterocycles. The van der Waals surface area contributed by atoms with Gasteiger partial charge in [0.2, 0.25) is 5.95 Å². The van der Waals surface area contributed by atoms with E-state index in [4.69, 9.17) is 0 Å². The molecule has 5 heteroatoms. The number of hydrogen-bond acceptors (Lipinski definition) is 5. The summed E-state index contributed by atoms with van der Waals surface area (Å²) < 4.78 is 0. The molecule has 2 heterocycles. The summed E-state index contributed by atoms with van der Waals surface area (Å²) in [6.07, 6.45) is 3.46. The molecule has 0 saturated heterocycles. The highest BCUT2D eigenvalue weighted by molar-refractivity contribution is 5.78. The van der Waals surface area contributed by atoms with E-state index < -0.39 is 0 Å². The molecule has 18 heavy (non-hydrogen) atoms. The maximum atomic E-state index is 4.42. The predicted octanol–water partition coefficient (Wildman–Crippen LogP) is 2.03. The molecule has 0 aliphatic rings. The van der Waals surface area contributed by atoms with Gasteiger partial charge in [-0.05, 0) is 18.2 Å². The largest absolute Gasteiger partial charge is 0.348 e. The molecule has 0 fully saturated rings. The molecule has 0 bridgehead atoms. The zero-order valence-corrected chi connectivity index (χ0v) is 9.61. The highest BCUT2D eigenvalue weighted by atomic mass is 15.1. The number of fused-ring (bicyclic) bond motifs is 1. The van der Waals surface area contributed by atoms with Crippen LogP contribution in [0.4, 0.5) is 5.95 Å². The molecule has 1 aromatic carbocycles. The Kier molecular flexibility index (Phi) is 2.79. The highest BCUT2D eigenvalue weighted by Gasteiger charge is 1.99. The average molecular weight is 237 g/mol. The fourth-order valence-corrected chi connectivity index (χ4v) is 1.65. The van der Waals surface area contributed by atoms with Gasteiger partial charge in [0.15, 0.2) is 0 Å². The lowest BCUT2D eigenvalue weighted by Crippen LogP contribution is -2.05. The first-order chi connectivity index (χ1) is 8.92. The van der Waals surface area contributed by atoms with Crippen LogP contribution >= 0.6 is 0 Å². The molecule has 0 amide bonds. The second-order valence-corrected chi connectivity index (χ2v) is 3.82. The van der Waals surface area contributed by atoms with Crippen LogP contribution in [0, 0.1) is 0 Å². The minimum absolute atomic E-state index is 0.562. The number of nitrogens with zero attached hydrogens (tertiary/aromatic N) is 4. The molecule has 3 aromatic rings. The summed E-state index contributed by atoms with van der Waals surface area (Å²) in [6.45, 7) is 0.562. The summed E-state index contributed by atoms with van der Waals surface area (Å²) in [5.41, 5.74) is 1.78. The Balaban J connectivity index is 1.79. The summed E-state index contributed by atoms with van der Waals surface area (Å²) >= 11 is 0. The molecular weight excluding hydrogens is 226 g/mol. The van der Waals surface area contributed by atoms with Crippen molar-refractivity contribution < 1.29 is 0 Å². The van der Waals surface area contributed by atoms with Crippen molar-refractivity contribution in [1.82, 2.24) is 20.2 Å². The number of rotatable bonds is 3. The molecule has 88 valence electrons. The molecule has 2 aromatic heterocycles. The Morgan fingerprint density at radius 2 is 2.00 bits per heavy atom. The summed E-state index contributed by atoms with van der Waals surface area (Å²) in [7, 11) is 0. The minimum atomic E-state index is 0.562. The van der Waals surface area contributed by atoms with Gasteiger partial charge >= 0.3 is 0 Å². The van der Waals surface area contributed by atoms with Crippen molar-refractivity contribution in [2.45, 2.75) is 6.54 Å². The monoisotopic (exact) mass is 237 g/mol. The second-order valence-electron chi connectivity index (χ2n) is 3.82. The molecule has 0 saturated carbocycles. The van der Waals surface area contributed by atoms with Crippen LogP contribution in [0.25, 0.3) is 10.9 Å². The maximum Gasteiger partial charge on any atom is 0.223 e. The van der Waals surface area contributed by atoms with Crippen molar-refractivity contribution in [2.75, 3.05) is 5.32 Å². The second kappa shape index (κ2) is 4.75. The standard InChI is InChI=1S/C13H11N5/c1-2-6-12-10(4-1)8-14-13(17-12)15-9-11-5-3-7-16-18-11/h1-8H,9H2,(H,14,15,17). The molecule has 0 atom stereocenters. The number of anilines is 1. The first-order valence-electron chi connectivity index (χ1n) is 5.64. The quantitative estimate of drug-likeness (QED) is 0.755. The number of aromatic nitrogens is 4. The van der Waals surface area contributed by atoms with Gasteiger partial charge in [0.25, 0.3) is 0 Å². The van der Waals surface area contributed by atoms with Crippen LogP contribution in [0.15, 0.2) is 48.8 Å². The zero-order valence-electron chi connectivity index (χ0n) is 9.61. The number of nitrogens with one attached hydrogen (secondary N) is 1. The first kappa shape index (κ1) is 10.6. The lowest BCUT2D eigenvalue weighted by Gasteiger charge is -2.04. The normalized spacial score (nSPS) is 10.4. The van der Waals surface area contributed by atoms with Crippen molar-refractivity contribution >= 4 is 16.9 Å². The van der Waals surface area contributed by atoms with Crippen LogP contribution in [0.2, 0.25) is 0 Å². The van der Waals surface area contributed by atoms with E-state index in [0.717, 1.165) is 16.6 Å². The van der Waals surface area contributed by atoms with Crippen molar-refractivity contribution in [2.24, 2.45) is 0 Å². The molecule has 0 unspecified atom stereocenters. The van der Waals surface area contributed by atoms with Gasteiger partial charge in [0.05, 0.1) is 17.8 Å². The van der Waals surface area contributed by atoms with Crippen LogP contribution in [0.3, 0.4) is 0 Å². The maximum absolute atomic E-state index is 4.42. The molecule has 3 rings (SSSR count). The van der Waals surface area contributed by atoms with Gasteiger partial charge in [0.1, 0.15) is 0 Å². The van der Waals surface area contributed by atoms with Crippen molar-refractivity contribution in [3.63, 3.8) is 0 Å². The molecule has 0 radical (unpaired) electrons. The molecule has 1 N–H and O–H groups in total. The van der Waals surface area contributed by atoms with Gasteiger partial charge < -0.3 is 5.32 Å². The summed E-state index contributed by atoms with van der Waals surface area (Å²) in [5.74, 6) is 0.597. The highest BCUT2D eigenvalue weighted by Crippen LogP contribution is 2.11. The Morgan fingerprint density at radius 3 is 2.89 bits per heavy atom. The molecular formula is C13H11N5. The minimum Gasteiger partial charge on any atom is -0.348 e. The van der Waals surface area contributed by atoms with Crippen molar-refractivity contribution in [3.05, 3.63) is 54.5 Å². The van der Waals surface area contributed by atoms with E-state index >= 15 is 0 Å². The van der Waals surface area contributed by atoms with E-state index in [1.165, 1.54) is 0 Å². The average Bonchev–Trinajstić information content (AvgIpc) is 2.46. The number of hydrogen-bond donors (Lipinski definition) is 1. The molecule has 0 spiro atoms. The summed E-state index contributed by atoms with van der Waals surface area (Å²) in [4.78, 5) is 8.67. The van der Waals surface area contributed by atoms with E-state index in [1.807, 2.05) is 36.4 Å². The summed E-state index contributed by atoms with van der Waals surface area (Å²) in [6, 6.07) is 11.6. The third-order valence-electron chi connectivity index (χ3n) is 2.54. The van der Waals surface area contributed by atoms with E-state index in [9.17, 15) is 0 Å². The third-order valence-corrected chi connectivity index (χ3v) is 2.54. The van der Waals surface area contributed by atoms with Crippen LogP contribution in [0.1, 0.15) is 5.69 Å². The fourth-order valence-electron chi connectivity index (χ4n) is 1.65. The Hall–Kier alpha value is -2.56. The van der Waals surface area contributed by atoms with Crippen LogP contribution < -0.4 is 5.32 Å². The van der Waals surface area contributed by atoms with Crippen molar-refractivity contribution in [1.29, 1.82) is 0 Å². The first-order valence-corrected chi connectivity index (χ1v) is 5.64. The van der Waals surface area contributed by atoms with Crippen LogP contribution in [-0.4, -0.2) is 20.2 Å². The lowest BCUT2D eigenvalue weighted by atomic mass is 10.2. The number of para-hydroxylation sites is 1. The van der Waals surface area contributed by atoms with E-state index in [2.05, 4.69) is 25.5 Å². The lowest BCUT2D eigenvalue weighted by molar-refractivity contribution is 0.915. The van der Waals surface area contributed by atoms with Gasteiger partial charge in [-0.25, -0.2) is 9.97 Å². The number of benzene rings is 1. The summed E-state index contributed by atoms with van der Waals surface area (Å²) in [5, 5.41) is 12.0. The van der Waals surface area contributed by atoms with E-state index in [0.29, 0.717) is 12.5 Å². The van der Waals surface area contributed by atoms with Gasteiger partial charge in [-0.2, -0.15) is 10.2 Å². The Morgan fingerprint density at radius 1 is 1.06 bits per heavy atom. The fraction of sp³-hybridized carbons (Fsp3) is 0.0769. The Labute approximate surface area is 104 Å². The van der Waals surface area contributed by atoms with Gasteiger partial charge in [-0.1, -0.05) is 18.2 Å². The third kappa shape index (κ3) is 2.24. The molecule has 0 aliphatic carbocycles. The van der Waals surface area contributed by atoms with Crippen molar-refractivity contribution in [3.8, 4) is 0 Å².